The van der Waals surface area contributed by atoms with Crippen LogP contribution in [0.1, 0.15) is 32.2 Å². The quantitative estimate of drug-likeness (QED) is 0.796. The minimum atomic E-state index is -2.86. The molecule has 1 heterocycles. The van der Waals surface area contributed by atoms with Gasteiger partial charge in [-0.25, -0.2) is 4.68 Å². The highest BCUT2D eigenvalue weighted by Gasteiger charge is 2.23. The first-order valence-electron chi connectivity index (χ1n) is 7.71. The Hall–Kier alpha value is -2.58. The van der Waals surface area contributed by atoms with Crippen molar-refractivity contribution in [3.63, 3.8) is 0 Å². The van der Waals surface area contributed by atoms with Gasteiger partial charge in [0.1, 0.15) is 12.3 Å². The molecule has 25 heavy (non-hydrogen) atoms. The summed E-state index contributed by atoms with van der Waals surface area (Å²) in [6, 6.07) is 6.16. The maximum absolute atomic E-state index is 12.4. The number of likely N-dealkylation sites (N-methyl/N-ethyl adjacent to an activating group) is 1. The highest BCUT2D eigenvalue weighted by molar-refractivity contribution is 5.75. The minimum Gasteiger partial charge on any atom is -0.435 e. The van der Waals surface area contributed by atoms with E-state index in [0.717, 1.165) is 5.56 Å². The van der Waals surface area contributed by atoms with Crippen molar-refractivity contribution in [1.29, 1.82) is 0 Å². The maximum Gasteiger partial charge on any atom is 0.387 e. The molecular formula is C16H21F2N5O2. The normalized spacial score (nSPS) is 11.6. The van der Waals surface area contributed by atoms with Crippen LogP contribution < -0.4 is 4.74 Å². The lowest BCUT2D eigenvalue weighted by Crippen LogP contribution is -2.32. The average molecular weight is 353 g/mol. The van der Waals surface area contributed by atoms with Crippen LogP contribution in [0, 0.1) is 0 Å². The Bertz CT molecular complexity index is 710. The maximum atomic E-state index is 12.4. The zero-order valence-electron chi connectivity index (χ0n) is 14.6. The molecule has 0 aliphatic heterocycles. The fourth-order valence-electron chi connectivity index (χ4n) is 2.24. The zero-order valence-corrected chi connectivity index (χ0v) is 14.6. The first-order valence-corrected chi connectivity index (χ1v) is 7.71. The molecule has 0 saturated carbocycles. The lowest BCUT2D eigenvalue weighted by atomic mass is 9.96. The molecule has 2 rings (SSSR count). The monoisotopic (exact) mass is 353 g/mol. The van der Waals surface area contributed by atoms with Gasteiger partial charge in [0.15, 0.2) is 5.82 Å². The standard InChI is InChI=1S/C16H21F2N5O2/c1-16(2,3)14-19-20-21-23(14)10-13(24)22(4)9-11-5-7-12(8-6-11)25-15(17)18/h5-8,15H,9-10H2,1-4H3. The highest BCUT2D eigenvalue weighted by Crippen LogP contribution is 2.19. The van der Waals surface area contributed by atoms with Crippen molar-refractivity contribution >= 4 is 5.91 Å². The molecule has 136 valence electrons. The molecule has 0 atom stereocenters. The third kappa shape index (κ3) is 5.20. The molecule has 7 nitrogen and oxygen atoms in total. The topological polar surface area (TPSA) is 73.1 Å². The second-order valence-electron chi connectivity index (χ2n) is 6.68. The van der Waals surface area contributed by atoms with E-state index in [1.807, 2.05) is 20.8 Å². The second-order valence-corrected chi connectivity index (χ2v) is 6.68. The number of carbonyl (C=O) groups is 1. The van der Waals surface area contributed by atoms with Crippen molar-refractivity contribution in [3.05, 3.63) is 35.7 Å². The lowest BCUT2D eigenvalue weighted by molar-refractivity contribution is -0.131. The van der Waals surface area contributed by atoms with Crippen molar-refractivity contribution in [2.24, 2.45) is 0 Å². The largest absolute Gasteiger partial charge is 0.435 e. The number of amides is 1. The van der Waals surface area contributed by atoms with Gasteiger partial charge in [0.25, 0.3) is 0 Å². The Morgan fingerprint density at radius 1 is 1.28 bits per heavy atom. The minimum absolute atomic E-state index is 0.0304. The molecule has 0 saturated heterocycles. The van der Waals surface area contributed by atoms with Gasteiger partial charge in [-0.2, -0.15) is 8.78 Å². The van der Waals surface area contributed by atoms with Gasteiger partial charge in [-0.05, 0) is 28.1 Å². The summed E-state index contributed by atoms with van der Waals surface area (Å²) in [4.78, 5) is 13.9. The van der Waals surface area contributed by atoms with Gasteiger partial charge >= 0.3 is 6.61 Å². The van der Waals surface area contributed by atoms with Crippen LogP contribution in [0.25, 0.3) is 0 Å². The van der Waals surface area contributed by atoms with E-state index in [9.17, 15) is 13.6 Å². The van der Waals surface area contributed by atoms with E-state index in [4.69, 9.17) is 0 Å². The van der Waals surface area contributed by atoms with Crippen LogP contribution in [0.2, 0.25) is 0 Å². The average Bonchev–Trinajstić information content (AvgIpc) is 2.97. The van der Waals surface area contributed by atoms with Gasteiger partial charge in [-0.1, -0.05) is 32.9 Å². The van der Waals surface area contributed by atoms with Crippen LogP contribution in [0.3, 0.4) is 0 Å². The van der Waals surface area contributed by atoms with Crippen LogP contribution in [-0.4, -0.2) is 44.7 Å². The Balaban J connectivity index is 1.98. The third-order valence-corrected chi connectivity index (χ3v) is 3.48. The fourth-order valence-corrected chi connectivity index (χ4v) is 2.24. The molecule has 0 N–H and O–H groups in total. The molecule has 1 amide bonds. The van der Waals surface area contributed by atoms with E-state index in [1.54, 1.807) is 19.2 Å². The van der Waals surface area contributed by atoms with Crippen LogP contribution >= 0.6 is 0 Å². The van der Waals surface area contributed by atoms with Gasteiger partial charge in [0.2, 0.25) is 5.91 Å². The number of ether oxygens (including phenoxy) is 1. The van der Waals surface area contributed by atoms with Crippen molar-refractivity contribution in [2.45, 2.75) is 45.9 Å². The number of rotatable bonds is 6. The number of halogens is 2. The summed E-state index contributed by atoms with van der Waals surface area (Å²) in [5.74, 6) is 0.546. The number of benzene rings is 1. The summed E-state index contributed by atoms with van der Waals surface area (Å²) >= 11 is 0. The second kappa shape index (κ2) is 7.54. The Morgan fingerprint density at radius 3 is 2.48 bits per heavy atom. The van der Waals surface area contributed by atoms with Gasteiger partial charge in [0, 0.05) is 19.0 Å². The predicted octanol–water partition coefficient (Wildman–Crippen LogP) is 2.23. The summed E-state index contributed by atoms with van der Waals surface area (Å²) in [7, 11) is 1.66. The molecule has 9 heteroatoms. The molecule has 0 fully saturated rings. The molecule has 2 aromatic rings. The summed E-state index contributed by atoms with van der Waals surface area (Å²) < 4.78 is 30.1. The first kappa shape index (κ1) is 18.8. The fraction of sp³-hybridized carbons (Fsp3) is 0.500. The van der Waals surface area contributed by atoms with Crippen LogP contribution in [-0.2, 0) is 23.3 Å². The third-order valence-electron chi connectivity index (χ3n) is 3.48. The Labute approximate surface area is 144 Å². The summed E-state index contributed by atoms with van der Waals surface area (Å²) in [5.41, 5.74) is 0.522. The van der Waals surface area contributed by atoms with E-state index in [1.165, 1.54) is 21.7 Å². The van der Waals surface area contributed by atoms with E-state index in [-0.39, 0.29) is 23.6 Å². The Kier molecular flexibility index (Phi) is 5.66. The molecule has 0 radical (unpaired) electrons. The van der Waals surface area contributed by atoms with Crippen LogP contribution in [0.4, 0.5) is 8.78 Å². The van der Waals surface area contributed by atoms with E-state index in [0.29, 0.717) is 12.4 Å². The van der Waals surface area contributed by atoms with E-state index in [2.05, 4.69) is 20.3 Å². The molecule has 1 aromatic carbocycles. The predicted molar refractivity (Wildman–Crippen MR) is 86.1 cm³/mol. The molecule has 0 unspecified atom stereocenters. The van der Waals surface area contributed by atoms with Crippen molar-refractivity contribution in [3.8, 4) is 5.75 Å². The van der Waals surface area contributed by atoms with E-state index >= 15 is 0 Å². The van der Waals surface area contributed by atoms with Crippen LogP contribution in [0.15, 0.2) is 24.3 Å². The first-order chi connectivity index (χ1) is 11.7. The number of carbonyl (C=O) groups excluding carboxylic acids is 1. The van der Waals surface area contributed by atoms with Gasteiger partial charge in [-0.15, -0.1) is 5.10 Å². The van der Waals surface area contributed by atoms with Gasteiger partial charge < -0.3 is 9.64 Å². The molecule has 0 aliphatic rings. The molecular weight excluding hydrogens is 332 g/mol. The summed E-state index contributed by atoms with van der Waals surface area (Å²) in [6.07, 6.45) is 0. The van der Waals surface area contributed by atoms with Crippen LogP contribution in [0.5, 0.6) is 5.75 Å². The zero-order chi connectivity index (χ0) is 18.6. The smallest absolute Gasteiger partial charge is 0.387 e. The molecule has 0 spiro atoms. The summed E-state index contributed by atoms with van der Waals surface area (Å²) in [5, 5.41) is 11.5. The molecule has 0 bridgehead atoms. The lowest BCUT2D eigenvalue weighted by Gasteiger charge is -2.20. The number of hydrogen-bond donors (Lipinski definition) is 0. The Morgan fingerprint density at radius 2 is 1.92 bits per heavy atom. The highest BCUT2D eigenvalue weighted by atomic mass is 19.3. The van der Waals surface area contributed by atoms with Crippen molar-refractivity contribution < 1.29 is 18.3 Å². The number of nitrogens with zero attached hydrogens (tertiary/aromatic N) is 5. The van der Waals surface area contributed by atoms with Gasteiger partial charge in [0.05, 0.1) is 0 Å². The summed E-state index contributed by atoms with van der Waals surface area (Å²) in [6.45, 7) is 3.40. The number of hydrogen-bond acceptors (Lipinski definition) is 5. The molecule has 0 aliphatic carbocycles. The number of alkyl halides is 2. The molecule has 1 aromatic heterocycles. The van der Waals surface area contributed by atoms with Crippen molar-refractivity contribution in [2.75, 3.05) is 7.05 Å². The van der Waals surface area contributed by atoms with E-state index < -0.39 is 6.61 Å². The number of aromatic nitrogens is 4. The SMILES string of the molecule is CN(Cc1ccc(OC(F)F)cc1)C(=O)Cn1nnnc1C(C)(C)C. The van der Waals surface area contributed by atoms with Crippen molar-refractivity contribution in [1.82, 2.24) is 25.1 Å². The number of tetrazole rings is 1. The van der Waals surface area contributed by atoms with Gasteiger partial charge in [-0.3, -0.25) is 4.79 Å².